The van der Waals surface area contributed by atoms with Crippen LogP contribution in [0.3, 0.4) is 0 Å². The minimum absolute atomic E-state index is 0.00668. The number of carbonyl (C=O) groups excluding carboxylic acids is 1. The van der Waals surface area contributed by atoms with Gasteiger partial charge >= 0.3 is 0 Å². The Bertz CT molecular complexity index is 665. The minimum Gasteiger partial charge on any atom is -0.393 e. The van der Waals surface area contributed by atoms with Crippen molar-refractivity contribution in [2.24, 2.45) is 28.6 Å². The smallest absolute Gasteiger partial charge is 0.156 e. The molecule has 2 saturated carbocycles. The third kappa shape index (κ3) is 2.20. The fraction of sp³-hybridized carbons (Fsp3) is 0.762. The van der Waals surface area contributed by atoms with Gasteiger partial charge in [-0.1, -0.05) is 31.6 Å². The molecule has 138 valence electrons. The quantitative estimate of drug-likeness (QED) is 0.637. The van der Waals surface area contributed by atoms with Crippen LogP contribution in [0.2, 0.25) is 0 Å². The molecule has 0 aliphatic heterocycles. The molecule has 0 amide bonds. The average molecular weight is 346 g/mol. The predicted molar refractivity (Wildman–Crippen MR) is 94.6 cm³/mol. The lowest BCUT2D eigenvalue weighted by Gasteiger charge is -2.60. The van der Waals surface area contributed by atoms with Crippen molar-refractivity contribution in [3.05, 3.63) is 23.3 Å². The number of aliphatic hydroxyl groups excluding tert-OH is 3. The van der Waals surface area contributed by atoms with E-state index < -0.39 is 23.7 Å². The summed E-state index contributed by atoms with van der Waals surface area (Å²) in [4.78, 5) is 12.1. The van der Waals surface area contributed by atoms with Crippen LogP contribution in [0.15, 0.2) is 23.3 Å². The van der Waals surface area contributed by atoms with Crippen molar-refractivity contribution in [2.75, 3.05) is 0 Å². The molecule has 4 nitrogen and oxygen atoms in total. The summed E-state index contributed by atoms with van der Waals surface area (Å²) < 4.78 is 0. The molecule has 3 N–H and O–H groups in total. The van der Waals surface area contributed by atoms with Crippen LogP contribution in [0.5, 0.6) is 0 Å². The van der Waals surface area contributed by atoms with E-state index in [1.165, 1.54) is 0 Å². The van der Waals surface area contributed by atoms with Crippen LogP contribution in [0, 0.1) is 28.6 Å². The molecular formula is C21H30O4. The average Bonchev–Trinajstić information content (AvgIpc) is 2.85. The van der Waals surface area contributed by atoms with E-state index in [0.717, 1.165) is 24.0 Å². The van der Waals surface area contributed by atoms with Crippen LogP contribution in [0.4, 0.5) is 0 Å². The molecule has 4 aliphatic carbocycles. The van der Waals surface area contributed by atoms with E-state index in [2.05, 4.69) is 26.0 Å². The molecule has 4 rings (SSSR count). The summed E-state index contributed by atoms with van der Waals surface area (Å²) in [5.74, 6) is 0.719. The van der Waals surface area contributed by atoms with Crippen LogP contribution in [0.25, 0.3) is 0 Å². The molecule has 0 saturated heterocycles. The maximum absolute atomic E-state index is 12.1. The molecule has 0 aromatic heterocycles. The molecule has 0 heterocycles. The summed E-state index contributed by atoms with van der Waals surface area (Å²) in [7, 11) is 0. The van der Waals surface area contributed by atoms with E-state index in [-0.39, 0.29) is 23.0 Å². The fourth-order valence-electron chi connectivity index (χ4n) is 6.94. The number of ketones is 1. The van der Waals surface area contributed by atoms with Crippen LogP contribution in [-0.4, -0.2) is 39.4 Å². The maximum Gasteiger partial charge on any atom is 0.156 e. The first-order valence-corrected chi connectivity index (χ1v) is 9.65. The zero-order valence-electron chi connectivity index (χ0n) is 15.4. The highest BCUT2D eigenvalue weighted by atomic mass is 16.3. The monoisotopic (exact) mass is 346 g/mol. The minimum atomic E-state index is -0.629. The molecule has 0 spiro atoms. The summed E-state index contributed by atoms with van der Waals surface area (Å²) in [6.45, 7) is 5.84. The molecule has 0 unspecified atom stereocenters. The molecule has 8 atom stereocenters. The van der Waals surface area contributed by atoms with Crippen LogP contribution in [-0.2, 0) is 4.79 Å². The Morgan fingerprint density at radius 3 is 2.56 bits per heavy atom. The second kappa shape index (κ2) is 5.51. The molecule has 0 aromatic rings. The highest BCUT2D eigenvalue weighted by Crippen LogP contribution is 2.64. The van der Waals surface area contributed by atoms with Gasteiger partial charge in [0.25, 0.3) is 0 Å². The number of rotatable bonds is 1. The Labute approximate surface area is 149 Å². The Balaban J connectivity index is 1.75. The summed E-state index contributed by atoms with van der Waals surface area (Å²) >= 11 is 0. The lowest BCUT2D eigenvalue weighted by atomic mass is 9.46. The molecule has 2 fully saturated rings. The Hall–Kier alpha value is -0.970. The van der Waals surface area contributed by atoms with E-state index in [4.69, 9.17) is 0 Å². The van der Waals surface area contributed by atoms with Crippen molar-refractivity contribution in [1.29, 1.82) is 0 Å². The van der Waals surface area contributed by atoms with Gasteiger partial charge in [0, 0.05) is 17.3 Å². The van der Waals surface area contributed by atoms with E-state index in [0.29, 0.717) is 25.2 Å². The van der Waals surface area contributed by atoms with Crippen molar-refractivity contribution in [3.63, 3.8) is 0 Å². The number of aliphatic hydroxyl groups is 3. The third-order valence-electron chi connectivity index (χ3n) is 8.08. The van der Waals surface area contributed by atoms with Crippen LogP contribution < -0.4 is 0 Å². The number of hydrogen-bond acceptors (Lipinski definition) is 4. The zero-order chi connectivity index (χ0) is 18.1. The van der Waals surface area contributed by atoms with Crippen molar-refractivity contribution < 1.29 is 20.1 Å². The van der Waals surface area contributed by atoms with Gasteiger partial charge in [-0.05, 0) is 55.9 Å². The SMILES string of the molecule is CC(=O)C1=CC[C@@H]2[C@H]3CC=C4C[C@@H](O)C[C@@H](O)[C@]4(C)[C@@H]3[C@@H](O)C[C@@]12C. The molecule has 4 aliphatic rings. The molecule has 0 aromatic carbocycles. The number of hydrogen-bond donors (Lipinski definition) is 3. The largest absolute Gasteiger partial charge is 0.393 e. The van der Waals surface area contributed by atoms with Gasteiger partial charge in [-0.2, -0.15) is 0 Å². The summed E-state index contributed by atoms with van der Waals surface area (Å²) in [5.41, 5.74) is 1.27. The van der Waals surface area contributed by atoms with Gasteiger partial charge in [0.2, 0.25) is 0 Å². The summed E-state index contributed by atoms with van der Waals surface area (Å²) in [6.07, 6.45) is 5.95. The van der Waals surface area contributed by atoms with Gasteiger partial charge in [0.1, 0.15) is 0 Å². The Kier molecular flexibility index (Phi) is 3.85. The standard InChI is InChI=1S/C21H30O4/c1-11(22)15-6-7-16-14-5-4-12-8-13(23)9-18(25)21(12,3)19(14)17(24)10-20(15,16)2/h4,6,13-14,16-19,23-25H,5,7-10H2,1-3H3/t13-,14-,16-,17+,18-,19+,20+,21-/m1/s1. The van der Waals surface area contributed by atoms with Crippen LogP contribution >= 0.6 is 0 Å². The molecule has 0 radical (unpaired) electrons. The lowest BCUT2D eigenvalue weighted by Crippen LogP contribution is -2.60. The van der Waals surface area contributed by atoms with Crippen molar-refractivity contribution in [2.45, 2.75) is 71.2 Å². The zero-order valence-corrected chi connectivity index (χ0v) is 15.4. The van der Waals surface area contributed by atoms with Gasteiger partial charge < -0.3 is 15.3 Å². The van der Waals surface area contributed by atoms with E-state index >= 15 is 0 Å². The number of fused-ring (bicyclic) bond motifs is 5. The van der Waals surface area contributed by atoms with Gasteiger partial charge in [-0.25, -0.2) is 0 Å². The molecule has 4 heteroatoms. The number of allylic oxidation sites excluding steroid dienone is 3. The Morgan fingerprint density at radius 2 is 1.88 bits per heavy atom. The highest BCUT2D eigenvalue weighted by molar-refractivity contribution is 5.95. The Morgan fingerprint density at radius 1 is 1.16 bits per heavy atom. The molecule has 0 bridgehead atoms. The topological polar surface area (TPSA) is 77.8 Å². The highest BCUT2D eigenvalue weighted by Gasteiger charge is 2.62. The van der Waals surface area contributed by atoms with E-state index in [1.54, 1.807) is 6.92 Å². The first-order chi connectivity index (χ1) is 11.7. The molecule has 25 heavy (non-hydrogen) atoms. The second-order valence-electron chi connectivity index (χ2n) is 9.25. The number of Topliss-reactive ketones (excluding diaryl/α,β-unsaturated/α-hetero) is 1. The normalized spacial score (nSPS) is 51.8. The fourth-order valence-corrected chi connectivity index (χ4v) is 6.94. The third-order valence-corrected chi connectivity index (χ3v) is 8.08. The van der Waals surface area contributed by atoms with Gasteiger partial charge in [0.15, 0.2) is 5.78 Å². The maximum atomic E-state index is 12.1. The number of carbonyl (C=O) groups is 1. The van der Waals surface area contributed by atoms with Crippen molar-refractivity contribution >= 4 is 5.78 Å². The lowest BCUT2D eigenvalue weighted by molar-refractivity contribution is -0.148. The predicted octanol–water partition coefficient (Wildman–Crippen LogP) is 2.38. The van der Waals surface area contributed by atoms with Crippen molar-refractivity contribution in [3.8, 4) is 0 Å². The van der Waals surface area contributed by atoms with Gasteiger partial charge in [0.05, 0.1) is 18.3 Å². The van der Waals surface area contributed by atoms with Crippen molar-refractivity contribution in [1.82, 2.24) is 0 Å². The summed E-state index contributed by atoms with van der Waals surface area (Å²) in [5, 5.41) is 32.1. The van der Waals surface area contributed by atoms with E-state index in [9.17, 15) is 20.1 Å². The molecular weight excluding hydrogens is 316 g/mol. The first kappa shape index (κ1) is 17.4. The first-order valence-electron chi connectivity index (χ1n) is 9.65. The van der Waals surface area contributed by atoms with Gasteiger partial charge in [-0.15, -0.1) is 0 Å². The second-order valence-corrected chi connectivity index (χ2v) is 9.25. The summed E-state index contributed by atoms with van der Waals surface area (Å²) in [6, 6.07) is 0. The van der Waals surface area contributed by atoms with Crippen LogP contribution in [0.1, 0.15) is 52.9 Å². The van der Waals surface area contributed by atoms with E-state index in [1.807, 2.05) is 0 Å². The van der Waals surface area contributed by atoms with Gasteiger partial charge in [-0.3, -0.25) is 4.79 Å².